The third-order valence-electron chi connectivity index (χ3n) is 4.37. The van der Waals surface area contributed by atoms with E-state index in [0.717, 1.165) is 22.3 Å². The Morgan fingerprint density at radius 1 is 0.935 bits per heavy atom. The molecule has 0 aliphatic carbocycles. The highest BCUT2D eigenvalue weighted by Crippen LogP contribution is 2.22. The van der Waals surface area contributed by atoms with Gasteiger partial charge in [0.2, 0.25) is 11.9 Å². The molecule has 0 amide bonds. The van der Waals surface area contributed by atoms with Crippen LogP contribution in [0.2, 0.25) is 0 Å². The van der Waals surface area contributed by atoms with Gasteiger partial charge >= 0.3 is 0 Å². The lowest BCUT2D eigenvalue weighted by atomic mass is 10.2. The van der Waals surface area contributed by atoms with Crippen molar-refractivity contribution in [1.82, 2.24) is 25.1 Å². The smallest absolute Gasteiger partial charge is 0.232 e. The predicted octanol–water partition coefficient (Wildman–Crippen LogP) is 3.82. The SMILES string of the molecule is Cc1nc(Nc2cccc(CS(C)(=O)=O)c2)nc(Nc2ccc3c(C)n[nH]c3c2)n1.Cl. The normalized spacial score (nSPS) is 11.2. The fourth-order valence-corrected chi connectivity index (χ4v) is 3.91. The molecule has 3 N–H and O–H groups in total. The van der Waals surface area contributed by atoms with E-state index in [2.05, 4.69) is 35.8 Å². The summed E-state index contributed by atoms with van der Waals surface area (Å²) in [7, 11) is -3.12. The molecule has 0 saturated carbocycles. The van der Waals surface area contributed by atoms with E-state index in [1.165, 1.54) is 6.26 Å². The summed E-state index contributed by atoms with van der Waals surface area (Å²) in [5.41, 5.74) is 4.07. The number of fused-ring (bicyclic) bond motifs is 1. The van der Waals surface area contributed by atoms with E-state index in [9.17, 15) is 8.42 Å². The summed E-state index contributed by atoms with van der Waals surface area (Å²) in [6, 6.07) is 13.0. The Hall–Kier alpha value is -3.24. The third kappa shape index (κ3) is 5.68. The zero-order valence-electron chi connectivity index (χ0n) is 17.2. The molecule has 0 spiro atoms. The summed E-state index contributed by atoms with van der Waals surface area (Å²) in [5, 5.41) is 14.6. The number of nitrogens with one attached hydrogen (secondary N) is 3. The van der Waals surface area contributed by atoms with E-state index in [0.29, 0.717) is 29.0 Å². The lowest BCUT2D eigenvalue weighted by molar-refractivity contribution is 0.601. The van der Waals surface area contributed by atoms with Gasteiger partial charge in [-0.05, 0) is 49.7 Å². The Morgan fingerprint density at radius 3 is 2.29 bits per heavy atom. The molecule has 0 saturated heterocycles. The van der Waals surface area contributed by atoms with Gasteiger partial charge in [-0.15, -0.1) is 12.4 Å². The van der Waals surface area contributed by atoms with Crippen molar-refractivity contribution in [2.45, 2.75) is 19.6 Å². The van der Waals surface area contributed by atoms with E-state index < -0.39 is 9.84 Å². The molecule has 162 valence electrons. The summed E-state index contributed by atoms with van der Waals surface area (Å²) >= 11 is 0. The number of benzene rings is 2. The number of aromatic amines is 1. The topological polar surface area (TPSA) is 126 Å². The number of aromatic nitrogens is 5. The lowest BCUT2D eigenvalue weighted by Gasteiger charge is -2.10. The second-order valence-electron chi connectivity index (χ2n) is 7.12. The van der Waals surface area contributed by atoms with Gasteiger partial charge in [0, 0.05) is 23.0 Å². The summed E-state index contributed by atoms with van der Waals surface area (Å²) < 4.78 is 23.1. The summed E-state index contributed by atoms with van der Waals surface area (Å²) in [4.78, 5) is 13.1. The maximum absolute atomic E-state index is 11.5. The third-order valence-corrected chi connectivity index (χ3v) is 5.23. The standard InChI is InChI=1S/C20H21N7O2S.ClH/c1-12-17-8-7-16(10-18(17)27-26-12)24-20-22-13(2)21-19(25-20)23-15-6-4-5-14(9-15)11-30(3,28)29;/h4-10H,11H2,1-3H3,(H,26,27)(H2,21,22,23,24,25);1H. The van der Waals surface area contributed by atoms with E-state index in [-0.39, 0.29) is 18.2 Å². The first-order valence-corrected chi connectivity index (χ1v) is 11.3. The molecular weight excluding hydrogens is 438 g/mol. The van der Waals surface area contributed by atoms with Gasteiger partial charge in [-0.1, -0.05) is 12.1 Å². The zero-order chi connectivity index (χ0) is 21.3. The minimum Gasteiger partial charge on any atom is -0.324 e. The maximum atomic E-state index is 11.5. The number of hydrogen-bond donors (Lipinski definition) is 3. The molecule has 2 heterocycles. The van der Waals surface area contributed by atoms with Crippen molar-refractivity contribution in [3.8, 4) is 0 Å². The van der Waals surface area contributed by atoms with Crippen LogP contribution in [-0.2, 0) is 15.6 Å². The molecule has 0 bridgehead atoms. The molecule has 11 heteroatoms. The summed E-state index contributed by atoms with van der Waals surface area (Å²) in [5.74, 6) is 1.27. The molecule has 0 fully saturated rings. The summed E-state index contributed by atoms with van der Waals surface area (Å²) in [6.45, 7) is 3.73. The minimum absolute atomic E-state index is 0. The van der Waals surface area contributed by atoms with Crippen molar-refractivity contribution >= 4 is 56.4 Å². The number of hydrogen-bond acceptors (Lipinski definition) is 8. The van der Waals surface area contributed by atoms with Gasteiger partial charge in [0.05, 0.1) is 17.0 Å². The maximum Gasteiger partial charge on any atom is 0.232 e. The number of H-pyrrole nitrogens is 1. The van der Waals surface area contributed by atoms with Gasteiger partial charge in [-0.25, -0.2) is 8.42 Å². The number of aryl methyl sites for hydroxylation is 2. The molecule has 9 nitrogen and oxygen atoms in total. The quantitative estimate of drug-likeness (QED) is 0.397. The van der Waals surface area contributed by atoms with Gasteiger partial charge in [0.1, 0.15) is 5.82 Å². The van der Waals surface area contributed by atoms with Crippen molar-refractivity contribution in [1.29, 1.82) is 0 Å². The molecule has 4 aromatic rings. The molecule has 0 unspecified atom stereocenters. The van der Waals surface area contributed by atoms with E-state index in [1.807, 2.05) is 31.2 Å². The average molecular weight is 460 g/mol. The lowest BCUT2D eigenvalue weighted by Crippen LogP contribution is -2.06. The van der Waals surface area contributed by atoms with Crippen LogP contribution in [0, 0.1) is 13.8 Å². The van der Waals surface area contributed by atoms with E-state index in [1.54, 1.807) is 25.1 Å². The minimum atomic E-state index is -3.12. The fourth-order valence-electron chi connectivity index (χ4n) is 3.13. The zero-order valence-corrected chi connectivity index (χ0v) is 18.8. The van der Waals surface area contributed by atoms with Crippen molar-refractivity contribution in [3.63, 3.8) is 0 Å². The van der Waals surface area contributed by atoms with Crippen molar-refractivity contribution in [2.75, 3.05) is 16.9 Å². The largest absolute Gasteiger partial charge is 0.324 e. The number of sulfone groups is 1. The molecule has 2 aromatic heterocycles. The van der Waals surface area contributed by atoms with Gasteiger partial charge in [-0.2, -0.15) is 20.1 Å². The second-order valence-corrected chi connectivity index (χ2v) is 9.26. The number of rotatable bonds is 6. The van der Waals surface area contributed by atoms with Crippen LogP contribution in [-0.4, -0.2) is 39.8 Å². The molecule has 4 rings (SSSR count). The number of anilines is 4. The number of halogens is 1. The van der Waals surface area contributed by atoms with Crippen LogP contribution < -0.4 is 10.6 Å². The molecular formula is C20H22ClN7O2S. The first-order chi connectivity index (χ1) is 14.2. The van der Waals surface area contributed by atoms with Crippen LogP contribution in [0.3, 0.4) is 0 Å². The van der Waals surface area contributed by atoms with Crippen LogP contribution in [0.4, 0.5) is 23.3 Å². The first kappa shape index (κ1) is 22.4. The Balaban J connectivity index is 0.00000272. The van der Waals surface area contributed by atoms with Crippen LogP contribution in [0.25, 0.3) is 10.9 Å². The molecule has 0 atom stereocenters. The van der Waals surface area contributed by atoms with Crippen molar-refractivity contribution < 1.29 is 8.42 Å². The predicted molar refractivity (Wildman–Crippen MR) is 124 cm³/mol. The van der Waals surface area contributed by atoms with E-state index >= 15 is 0 Å². The Morgan fingerprint density at radius 2 is 1.61 bits per heavy atom. The molecule has 2 aromatic carbocycles. The molecule has 31 heavy (non-hydrogen) atoms. The molecule has 0 radical (unpaired) electrons. The highest BCUT2D eigenvalue weighted by Gasteiger charge is 2.09. The Labute approximate surface area is 186 Å². The Kier molecular flexibility index (Phi) is 6.42. The highest BCUT2D eigenvalue weighted by molar-refractivity contribution is 7.89. The van der Waals surface area contributed by atoms with Gasteiger partial charge in [0.15, 0.2) is 9.84 Å². The summed E-state index contributed by atoms with van der Waals surface area (Å²) in [6.07, 6.45) is 1.21. The van der Waals surface area contributed by atoms with Crippen molar-refractivity contribution in [3.05, 3.63) is 59.5 Å². The van der Waals surface area contributed by atoms with Crippen LogP contribution in [0.5, 0.6) is 0 Å². The van der Waals surface area contributed by atoms with Gasteiger partial charge < -0.3 is 10.6 Å². The fraction of sp³-hybridized carbons (Fsp3) is 0.200. The number of nitrogens with zero attached hydrogens (tertiary/aromatic N) is 4. The van der Waals surface area contributed by atoms with E-state index in [4.69, 9.17) is 0 Å². The van der Waals surface area contributed by atoms with Crippen LogP contribution >= 0.6 is 12.4 Å². The average Bonchev–Trinajstić information content (AvgIpc) is 3.00. The highest BCUT2D eigenvalue weighted by atomic mass is 35.5. The molecule has 0 aliphatic rings. The first-order valence-electron chi connectivity index (χ1n) is 9.23. The monoisotopic (exact) mass is 459 g/mol. The van der Waals surface area contributed by atoms with Crippen LogP contribution in [0.1, 0.15) is 17.1 Å². The molecule has 0 aliphatic heterocycles. The van der Waals surface area contributed by atoms with Crippen molar-refractivity contribution in [2.24, 2.45) is 0 Å². The van der Waals surface area contributed by atoms with Gasteiger partial charge in [0.25, 0.3) is 0 Å². The van der Waals surface area contributed by atoms with Crippen LogP contribution in [0.15, 0.2) is 42.5 Å². The second kappa shape index (κ2) is 8.86. The Bertz CT molecular complexity index is 1340. The van der Waals surface area contributed by atoms with Gasteiger partial charge in [-0.3, -0.25) is 5.10 Å².